The smallest absolute Gasteiger partial charge is 0.243 e. The van der Waals surface area contributed by atoms with Crippen LogP contribution in [0.5, 0.6) is 0 Å². The molecule has 2 fully saturated rings. The van der Waals surface area contributed by atoms with Gasteiger partial charge < -0.3 is 10.2 Å². The topological polar surface area (TPSA) is 69.7 Å². The van der Waals surface area contributed by atoms with Crippen LogP contribution in [0, 0.1) is 11.8 Å². The van der Waals surface area contributed by atoms with Crippen molar-refractivity contribution in [2.75, 3.05) is 39.3 Å². The summed E-state index contributed by atoms with van der Waals surface area (Å²) in [6, 6.07) is 6.19. The van der Waals surface area contributed by atoms with Gasteiger partial charge in [-0.05, 0) is 69.0 Å². The van der Waals surface area contributed by atoms with Crippen molar-refractivity contribution in [1.82, 2.24) is 14.5 Å². The van der Waals surface area contributed by atoms with E-state index in [1.54, 1.807) is 12.1 Å². The Kier molecular flexibility index (Phi) is 7.96. The van der Waals surface area contributed by atoms with Crippen LogP contribution < -0.4 is 5.32 Å². The summed E-state index contributed by atoms with van der Waals surface area (Å²) in [6.45, 7) is 6.78. The standard InChI is InChI=1S/C21H32ClN3O3S/c1-17(15-24-11-3-2-4-12-24)14-23-21(26)18-6-5-13-25(16-18)29(27,28)20-9-7-19(22)8-10-20/h7-10,17-18H,2-6,11-16H2,1H3,(H,23,26). The molecule has 2 aliphatic heterocycles. The first kappa shape index (κ1) is 22.5. The normalized spacial score (nSPS) is 22.9. The summed E-state index contributed by atoms with van der Waals surface area (Å²) in [6.07, 6.45) is 5.25. The highest BCUT2D eigenvalue weighted by molar-refractivity contribution is 7.89. The minimum atomic E-state index is -3.61. The second-order valence-electron chi connectivity index (χ2n) is 8.37. The number of sulfonamides is 1. The van der Waals surface area contributed by atoms with Crippen molar-refractivity contribution in [3.63, 3.8) is 0 Å². The Balaban J connectivity index is 1.51. The first-order valence-electron chi connectivity index (χ1n) is 10.6. The van der Waals surface area contributed by atoms with Crippen LogP contribution >= 0.6 is 11.6 Å². The zero-order valence-corrected chi connectivity index (χ0v) is 18.7. The van der Waals surface area contributed by atoms with E-state index < -0.39 is 10.0 Å². The van der Waals surface area contributed by atoms with Crippen molar-refractivity contribution in [3.8, 4) is 0 Å². The van der Waals surface area contributed by atoms with E-state index in [9.17, 15) is 13.2 Å². The maximum Gasteiger partial charge on any atom is 0.243 e. The number of carbonyl (C=O) groups is 1. The number of halogens is 1. The average Bonchev–Trinajstić information content (AvgIpc) is 2.73. The molecule has 1 aromatic carbocycles. The zero-order valence-electron chi connectivity index (χ0n) is 17.1. The molecule has 6 nitrogen and oxygen atoms in total. The molecule has 8 heteroatoms. The van der Waals surface area contributed by atoms with Crippen LogP contribution in [0.3, 0.4) is 0 Å². The van der Waals surface area contributed by atoms with E-state index >= 15 is 0 Å². The Morgan fingerprint density at radius 2 is 1.83 bits per heavy atom. The van der Waals surface area contributed by atoms with E-state index in [0.717, 1.165) is 26.1 Å². The quantitative estimate of drug-likeness (QED) is 0.706. The summed E-state index contributed by atoms with van der Waals surface area (Å²) in [5.41, 5.74) is 0. The van der Waals surface area contributed by atoms with Crippen molar-refractivity contribution in [1.29, 1.82) is 0 Å². The number of nitrogens with one attached hydrogen (secondary N) is 1. The number of nitrogens with zero attached hydrogens (tertiary/aromatic N) is 2. The molecule has 2 unspecified atom stereocenters. The average molecular weight is 442 g/mol. The van der Waals surface area contributed by atoms with Gasteiger partial charge in [-0.15, -0.1) is 0 Å². The second kappa shape index (κ2) is 10.2. The van der Waals surface area contributed by atoms with Crippen LogP contribution in [0.25, 0.3) is 0 Å². The van der Waals surface area contributed by atoms with E-state index in [1.165, 1.54) is 35.7 Å². The third kappa shape index (κ3) is 6.17. The van der Waals surface area contributed by atoms with Gasteiger partial charge in [-0.25, -0.2) is 8.42 Å². The molecule has 29 heavy (non-hydrogen) atoms. The molecule has 1 aromatic rings. The summed E-state index contributed by atoms with van der Waals surface area (Å²) in [7, 11) is -3.61. The molecule has 162 valence electrons. The van der Waals surface area contributed by atoms with Crippen LogP contribution in [0.2, 0.25) is 5.02 Å². The maximum absolute atomic E-state index is 12.9. The predicted molar refractivity (Wildman–Crippen MR) is 115 cm³/mol. The molecule has 3 rings (SSSR count). The molecule has 1 amide bonds. The molecule has 0 bridgehead atoms. The molecule has 0 radical (unpaired) electrons. The summed E-state index contributed by atoms with van der Waals surface area (Å²) in [4.78, 5) is 15.4. The van der Waals surface area contributed by atoms with Gasteiger partial charge >= 0.3 is 0 Å². The second-order valence-corrected chi connectivity index (χ2v) is 10.7. The molecule has 0 aliphatic carbocycles. The third-order valence-electron chi connectivity index (χ3n) is 5.85. The molecule has 2 heterocycles. The number of carbonyl (C=O) groups excluding carboxylic acids is 1. The van der Waals surface area contributed by atoms with Gasteiger partial charge in [0.1, 0.15) is 0 Å². The van der Waals surface area contributed by atoms with E-state index in [4.69, 9.17) is 11.6 Å². The number of piperidine rings is 2. The molecule has 2 saturated heterocycles. The van der Waals surface area contributed by atoms with Crippen molar-refractivity contribution in [2.24, 2.45) is 11.8 Å². The molecular formula is C21H32ClN3O3S. The maximum atomic E-state index is 12.9. The summed E-state index contributed by atoms with van der Waals surface area (Å²) >= 11 is 5.87. The monoisotopic (exact) mass is 441 g/mol. The first-order chi connectivity index (χ1) is 13.9. The van der Waals surface area contributed by atoms with Crippen molar-refractivity contribution < 1.29 is 13.2 Å². The number of hydrogen-bond acceptors (Lipinski definition) is 4. The molecule has 0 spiro atoms. The lowest BCUT2D eigenvalue weighted by Gasteiger charge is -2.32. The molecule has 0 saturated carbocycles. The number of amides is 1. The van der Waals surface area contributed by atoms with Gasteiger partial charge in [-0.2, -0.15) is 4.31 Å². The number of benzene rings is 1. The third-order valence-corrected chi connectivity index (χ3v) is 7.98. The molecule has 1 N–H and O–H groups in total. The fraction of sp³-hybridized carbons (Fsp3) is 0.667. The van der Waals surface area contributed by atoms with Crippen LogP contribution in [-0.2, 0) is 14.8 Å². The fourth-order valence-electron chi connectivity index (χ4n) is 4.20. The summed E-state index contributed by atoms with van der Waals surface area (Å²) < 4.78 is 27.2. The van der Waals surface area contributed by atoms with Crippen LogP contribution in [0.4, 0.5) is 0 Å². The minimum absolute atomic E-state index is 0.0356. The number of hydrogen-bond donors (Lipinski definition) is 1. The Morgan fingerprint density at radius 3 is 2.52 bits per heavy atom. The van der Waals surface area contributed by atoms with E-state index in [0.29, 0.717) is 30.5 Å². The number of likely N-dealkylation sites (tertiary alicyclic amines) is 1. The molecular weight excluding hydrogens is 410 g/mol. The van der Waals surface area contributed by atoms with E-state index in [1.807, 2.05) is 0 Å². The molecule has 2 aliphatic rings. The Bertz CT molecular complexity index is 779. The van der Waals surface area contributed by atoms with Crippen LogP contribution in [0.1, 0.15) is 39.0 Å². The Hall–Kier alpha value is -1.15. The van der Waals surface area contributed by atoms with Gasteiger partial charge in [0.25, 0.3) is 0 Å². The largest absolute Gasteiger partial charge is 0.356 e. The molecule has 2 atom stereocenters. The molecule has 0 aromatic heterocycles. The van der Waals surface area contributed by atoms with Crippen molar-refractivity contribution in [2.45, 2.75) is 43.9 Å². The van der Waals surface area contributed by atoms with Gasteiger partial charge in [-0.1, -0.05) is 24.9 Å². The lowest BCUT2D eigenvalue weighted by Crippen LogP contribution is -2.46. The summed E-state index contributed by atoms with van der Waals surface area (Å²) in [5, 5.41) is 3.56. The Labute approximate surface area is 179 Å². The van der Waals surface area contributed by atoms with Gasteiger partial charge in [0, 0.05) is 31.2 Å². The van der Waals surface area contributed by atoms with Crippen molar-refractivity contribution in [3.05, 3.63) is 29.3 Å². The van der Waals surface area contributed by atoms with Gasteiger partial charge in [0.15, 0.2) is 0 Å². The predicted octanol–water partition coefficient (Wildman–Crippen LogP) is 2.98. The Morgan fingerprint density at radius 1 is 1.14 bits per heavy atom. The van der Waals surface area contributed by atoms with E-state index in [2.05, 4.69) is 17.1 Å². The summed E-state index contributed by atoms with van der Waals surface area (Å²) in [5.74, 6) is 0.0501. The van der Waals surface area contributed by atoms with Gasteiger partial charge in [0.2, 0.25) is 15.9 Å². The van der Waals surface area contributed by atoms with E-state index in [-0.39, 0.29) is 23.3 Å². The highest BCUT2D eigenvalue weighted by atomic mass is 35.5. The SMILES string of the molecule is CC(CNC(=O)C1CCCN(S(=O)(=O)c2ccc(Cl)cc2)C1)CN1CCCCC1. The van der Waals surface area contributed by atoms with Gasteiger partial charge in [-0.3, -0.25) is 4.79 Å². The van der Waals surface area contributed by atoms with Gasteiger partial charge in [0.05, 0.1) is 10.8 Å². The number of rotatable bonds is 7. The van der Waals surface area contributed by atoms with Crippen molar-refractivity contribution >= 4 is 27.5 Å². The lowest BCUT2D eigenvalue weighted by atomic mass is 9.98. The highest BCUT2D eigenvalue weighted by Gasteiger charge is 2.33. The first-order valence-corrected chi connectivity index (χ1v) is 12.4. The minimum Gasteiger partial charge on any atom is -0.356 e. The highest BCUT2D eigenvalue weighted by Crippen LogP contribution is 2.25. The fourth-order valence-corrected chi connectivity index (χ4v) is 5.85. The lowest BCUT2D eigenvalue weighted by molar-refractivity contribution is -0.126. The van der Waals surface area contributed by atoms with Crippen LogP contribution in [-0.4, -0.2) is 62.8 Å². The zero-order chi connectivity index (χ0) is 20.9. The van der Waals surface area contributed by atoms with Crippen LogP contribution in [0.15, 0.2) is 29.2 Å².